The zero-order valence-electron chi connectivity index (χ0n) is 9.32. The van der Waals surface area contributed by atoms with Crippen molar-refractivity contribution < 1.29 is 9.53 Å². The van der Waals surface area contributed by atoms with Crippen LogP contribution in [0.15, 0.2) is 42.2 Å². The minimum atomic E-state index is -0.153. The number of benzene rings is 1. The molecule has 0 radical (unpaired) electrons. The summed E-state index contributed by atoms with van der Waals surface area (Å²) in [6, 6.07) is 9.69. The Bertz CT molecular complexity index is 379. The summed E-state index contributed by atoms with van der Waals surface area (Å²) in [7, 11) is 0. The molecule has 0 aliphatic heterocycles. The lowest BCUT2D eigenvalue weighted by Gasteiger charge is -2.12. The molecular weight excluding hydrogens is 200 g/mol. The molecule has 0 spiro atoms. The lowest BCUT2D eigenvalue weighted by molar-refractivity contribution is -0.139. The molecule has 0 bridgehead atoms. The van der Waals surface area contributed by atoms with E-state index in [9.17, 15) is 4.79 Å². The first-order chi connectivity index (χ1) is 7.84. The van der Waals surface area contributed by atoms with Crippen LogP contribution in [-0.4, -0.2) is 5.97 Å². The van der Waals surface area contributed by atoms with Gasteiger partial charge < -0.3 is 4.74 Å². The fraction of sp³-hybridized carbons (Fsp3) is 0.357. The van der Waals surface area contributed by atoms with Crippen molar-refractivity contribution in [2.24, 2.45) is 0 Å². The van der Waals surface area contributed by atoms with Gasteiger partial charge in [0.1, 0.15) is 5.76 Å². The second-order valence-corrected chi connectivity index (χ2v) is 4.05. The van der Waals surface area contributed by atoms with E-state index in [1.807, 2.05) is 36.4 Å². The summed E-state index contributed by atoms with van der Waals surface area (Å²) in [5, 5.41) is 0. The highest BCUT2D eigenvalue weighted by Crippen LogP contribution is 2.18. The molecule has 0 N–H and O–H groups in total. The Morgan fingerprint density at radius 1 is 1.19 bits per heavy atom. The van der Waals surface area contributed by atoms with Crippen LogP contribution in [0.25, 0.3) is 0 Å². The molecule has 0 aromatic heterocycles. The molecule has 0 saturated heterocycles. The number of allylic oxidation sites excluding steroid dienone is 2. The fourth-order valence-corrected chi connectivity index (χ4v) is 1.85. The van der Waals surface area contributed by atoms with E-state index in [1.165, 1.54) is 6.42 Å². The maximum Gasteiger partial charge on any atom is 0.315 e. The number of rotatable bonds is 3. The van der Waals surface area contributed by atoms with Crippen LogP contribution in [-0.2, 0) is 16.0 Å². The number of esters is 1. The molecule has 84 valence electrons. The Kier molecular flexibility index (Phi) is 3.76. The molecule has 0 unspecified atom stereocenters. The van der Waals surface area contributed by atoms with Crippen molar-refractivity contribution in [3.63, 3.8) is 0 Å². The zero-order chi connectivity index (χ0) is 11.2. The van der Waals surface area contributed by atoms with Crippen LogP contribution < -0.4 is 0 Å². The van der Waals surface area contributed by atoms with Crippen LogP contribution in [0.5, 0.6) is 0 Å². The first kappa shape index (κ1) is 10.9. The first-order valence-corrected chi connectivity index (χ1v) is 5.78. The van der Waals surface area contributed by atoms with Gasteiger partial charge in [-0.05, 0) is 30.9 Å². The molecule has 0 fully saturated rings. The summed E-state index contributed by atoms with van der Waals surface area (Å²) in [6.07, 6.45) is 6.67. The van der Waals surface area contributed by atoms with E-state index in [1.54, 1.807) is 0 Å². The molecule has 2 rings (SSSR count). The average Bonchev–Trinajstić information content (AvgIpc) is 2.31. The third kappa shape index (κ3) is 3.23. The van der Waals surface area contributed by atoms with Crippen LogP contribution in [0.3, 0.4) is 0 Å². The van der Waals surface area contributed by atoms with Crippen LogP contribution in [0, 0.1) is 0 Å². The Hall–Kier alpha value is -1.57. The fourth-order valence-electron chi connectivity index (χ4n) is 1.85. The van der Waals surface area contributed by atoms with Crippen molar-refractivity contribution in [3.8, 4) is 0 Å². The van der Waals surface area contributed by atoms with Crippen LogP contribution in [0.1, 0.15) is 31.2 Å². The smallest absolute Gasteiger partial charge is 0.315 e. The van der Waals surface area contributed by atoms with Gasteiger partial charge in [0.05, 0.1) is 6.42 Å². The van der Waals surface area contributed by atoms with Gasteiger partial charge >= 0.3 is 5.97 Å². The van der Waals surface area contributed by atoms with Crippen molar-refractivity contribution >= 4 is 5.97 Å². The van der Waals surface area contributed by atoms with Crippen LogP contribution >= 0.6 is 0 Å². The summed E-state index contributed by atoms with van der Waals surface area (Å²) in [4.78, 5) is 11.6. The third-order valence-corrected chi connectivity index (χ3v) is 2.69. The largest absolute Gasteiger partial charge is 0.431 e. The molecular formula is C14H16O2. The van der Waals surface area contributed by atoms with Crippen molar-refractivity contribution in [1.29, 1.82) is 0 Å². The Labute approximate surface area is 95.9 Å². The average molecular weight is 216 g/mol. The van der Waals surface area contributed by atoms with Gasteiger partial charge in [0, 0.05) is 6.42 Å². The van der Waals surface area contributed by atoms with Gasteiger partial charge in [-0.3, -0.25) is 4.79 Å². The van der Waals surface area contributed by atoms with Crippen LogP contribution in [0.2, 0.25) is 0 Å². The van der Waals surface area contributed by atoms with Gasteiger partial charge in [0.25, 0.3) is 0 Å². The number of carbonyl (C=O) groups excluding carboxylic acids is 1. The van der Waals surface area contributed by atoms with Crippen molar-refractivity contribution in [3.05, 3.63) is 47.7 Å². The van der Waals surface area contributed by atoms with E-state index in [4.69, 9.17) is 4.74 Å². The van der Waals surface area contributed by atoms with Gasteiger partial charge in [-0.2, -0.15) is 0 Å². The molecule has 16 heavy (non-hydrogen) atoms. The summed E-state index contributed by atoms with van der Waals surface area (Å²) < 4.78 is 5.32. The Balaban J connectivity index is 1.87. The summed E-state index contributed by atoms with van der Waals surface area (Å²) in [6.45, 7) is 0. The lowest BCUT2D eigenvalue weighted by Crippen LogP contribution is -2.09. The van der Waals surface area contributed by atoms with Crippen LogP contribution in [0.4, 0.5) is 0 Å². The maximum atomic E-state index is 11.6. The molecule has 1 aromatic rings. The van der Waals surface area contributed by atoms with Crippen molar-refractivity contribution in [2.75, 3.05) is 0 Å². The summed E-state index contributed by atoms with van der Waals surface area (Å²) >= 11 is 0. The lowest BCUT2D eigenvalue weighted by atomic mass is 10.1. The quantitative estimate of drug-likeness (QED) is 0.725. The first-order valence-electron chi connectivity index (χ1n) is 5.78. The number of hydrogen-bond acceptors (Lipinski definition) is 2. The Morgan fingerprint density at radius 3 is 2.69 bits per heavy atom. The minimum Gasteiger partial charge on any atom is -0.431 e. The van der Waals surface area contributed by atoms with Crippen molar-refractivity contribution in [2.45, 2.75) is 32.1 Å². The molecule has 2 nitrogen and oxygen atoms in total. The predicted octanol–water partition coefficient (Wildman–Crippen LogP) is 3.23. The highest BCUT2D eigenvalue weighted by molar-refractivity contribution is 5.73. The highest BCUT2D eigenvalue weighted by atomic mass is 16.5. The molecule has 1 aromatic carbocycles. The van der Waals surface area contributed by atoms with E-state index in [-0.39, 0.29) is 5.97 Å². The Morgan fingerprint density at radius 2 is 2.00 bits per heavy atom. The van der Waals surface area contributed by atoms with E-state index in [2.05, 4.69) is 0 Å². The van der Waals surface area contributed by atoms with E-state index in [0.29, 0.717) is 6.42 Å². The minimum absolute atomic E-state index is 0.153. The van der Waals surface area contributed by atoms with Gasteiger partial charge in [-0.25, -0.2) is 0 Å². The molecule has 0 heterocycles. The SMILES string of the molecule is O=C(Cc1ccccc1)OC1=CCCCC1. The molecule has 0 atom stereocenters. The van der Waals surface area contributed by atoms with Gasteiger partial charge in [0.15, 0.2) is 0 Å². The van der Waals surface area contributed by atoms with E-state index < -0.39 is 0 Å². The monoisotopic (exact) mass is 216 g/mol. The molecule has 2 heteroatoms. The van der Waals surface area contributed by atoms with E-state index >= 15 is 0 Å². The molecule has 0 saturated carbocycles. The standard InChI is InChI=1S/C14H16O2/c15-14(11-12-7-3-1-4-8-12)16-13-9-5-2-6-10-13/h1,3-4,7-9H,2,5-6,10-11H2. The number of ether oxygens (including phenoxy) is 1. The molecule has 1 aliphatic carbocycles. The topological polar surface area (TPSA) is 26.3 Å². The normalized spacial score (nSPS) is 15.4. The van der Waals surface area contributed by atoms with Gasteiger partial charge in [-0.1, -0.05) is 30.3 Å². The predicted molar refractivity (Wildman–Crippen MR) is 62.8 cm³/mol. The summed E-state index contributed by atoms with van der Waals surface area (Å²) in [5.74, 6) is 0.700. The van der Waals surface area contributed by atoms with E-state index in [0.717, 1.165) is 30.6 Å². The highest BCUT2D eigenvalue weighted by Gasteiger charge is 2.10. The second-order valence-electron chi connectivity index (χ2n) is 4.05. The zero-order valence-corrected chi connectivity index (χ0v) is 9.32. The third-order valence-electron chi connectivity index (χ3n) is 2.69. The van der Waals surface area contributed by atoms with Gasteiger partial charge in [-0.15, -0.1) is 0 Å². The maximum absolute atomic E-state index is 11.6. The number of hydrogen-bond donors (Lipinski definition) is 0. The molecule has 0 amide bonds. The summed E-state index contributed by atoms with van der Waals surface area (Å²) in [5.41, 5.74) is 1.00. The molecule has 1 aliphatic rings. The van der Waals surface area contributed by atoms with Gasteiger partial charge in [0.2, 0.25) is 0 Å². The number of carbonyl (C=O) groups is 1. The second kappa shape index (κ2) is 5.50. The van der Waals surface area contributed by atoms with Crippen molar-refractivity contribution in [1.82, 2.24) is 0 Å².